The highest BCUT2D eigenvalue weighted by Crippen LogP contribution is 2.60. The molecule has 0 spiro atoms. The van der Waals surface area contributed by atoms with Crippen LogP contribution in [0.15, 0.2) is 0 Å². The Hall–Kier alpha value is 0.924. The van der Waals surface area contributed by atoms with E-state index in [2.05, 4.69) is 141 Å². The molecule has 9 heteroatoms. The van der Waals surface area contributed by atoms with Crippen molar-refractivity contribution in [3.8, 4) is 0 Å². The molecule has 0 aromatic carbocycles. The van der Waals surface area contributed by atoms with E-state index in [1.54, 1.807) is 0 Å². The predicted molar refractivity (Wildman–Crippen MR) is 262 cm³/mol. The fourth-order valence-corrected chi connectivity index (χ4v) is 29.0. The molecular weight excluding hydrogens is 757 g/mol. The van der Waals surface area contributed by atoms with Crippen LogP contribution in [0.3, 0.4) is 0 Å². The molecule has 0 aliphatic carbocycles. The minimum atomic E-state index is -2.45. The number of unbranched alkanes of at least 4 members (excludes halogenated alkanes) is 11. The quantitative estimate of drug-likeness (QED) is 0.0487. The second-order valence-corrected chi connectivity index (χ2v) is 43.8. The van der Waals surface area contributed by atoms with Gasteiger partial charge in [0.2, 0.25) is 8.32 Å². The summed E-state index contributed by atoms with van der Waals surface area (Å²) in [5.41, 5.74) is 0.440. The average molecular weight is 862 g/mol. The molecule has 0 amide bonds. The molecule has 0 saturated carbocycles. The molecule has 4 nitrogen and oxygen atoms in total. The van der Waals surface area contributed by atoms with Crippen LogP contribution in [-0.2, 0) is 17.7 Å². The van der Waals surface area contributed by atoms with Crippen molar-refractivity contribution < 1.29 is 17.7 Å². The molecule has 0 aliphatic heterocycles. The Kier molecular flexibility index (Phi) is 24.8. The summed E-state index contributed by atoms with van der Waals surface area (Å²) in [4.78, 5) is 0. The second-order valence-electron chi connectivity index (χ2n) is 21.5. The van der Waals surface area contributed by atoms with Crippen molar-refractivity contribution in [1.29, 1.82) is 0 Å². The highest BCUT2D eigenvalue weighted by atomic mass is 28.4. The van der Waals surface area contributed by atoms with Gasteiger partial charge in [-0.15, -0.1) is 0 Å². The smallest absolute Gasteiger partial charge is 0.214 e. The molecule has 0 bridgehead atoms. The SMILES string of the molecule is CCCCCCCCCCCCCC[Si](C)(OC(CC)[Si](C)(C)C)C(CC)[C@@](C)(CC)O[Si](C)(C)C(CC)(CC)C(C)(CC)O[Si](C)(C)C(C)O[Si](C)(C)C. The first-order chi connectivity index (χ1) is 25.2. The van der Waals surface area contributed by atoms with Crippen LogP contribution in [0, 0.1) is 0 Å². The van der Waals surface area contributed by atoms with Gasteiger partial charge in [-0.2, -0.15) is 0 Å². The number of hydrogen-bond donors (Lipinski definition) is 0. The van der Waals surface area contributed by atoms with Gasteiger partial charge in [-0.1, -0.05) is 152 Å². The number of hydrogen-bond acceptors (Lipinski definition) is 4. The molecule has 0 aromatic heterocycles. The van der Waals surface area contributed by atoms with Gasteiger partial charge in [-0.3, -0.25) is 0 Å². The monoisotopic (exact) mass is 861 g/mol. The molecule has 5 unspecified atom stereocenters. The van der Waals surface area contributed by atoms with Crippen LogP contribution in [0.2, 0.25) is 88.6 Å². The first kappa shape index (κ1) is 55.9. The minimum Gasteiger partial charge on any atom is -0.417 e. The Morgan fingerprint density at radius 2 is 0.964 bits per heavy atom. The Morgan fingerprint density at radius 3 is 1.31 bits per heavy atom. The third-order valence-electron chi connectivity index (χ3n) is 14.4. The van der Waals surface area contributed by atoms with Crippen LogP contribution in [0.25, 0.3) is 0 Å². The zero-order valence-corrected chi connectivity index (χ0v) is 46.8. The Bertz CT molecular complexity index is 1020. The molecular formula is C46H104O4Si5. The summed E-state index contributed by atoms with van der Waals surface area (Å²) in [6.45, 7) is 51.0. The van der Waals surface area contributed by atoms with Gasteiger partial charge >= 0.3 is 0 Å². The first-order valence-corrected chi connectivity index (χ1v) is 39.5. The van der Waals surface area contributed by atoms with E-state index in [0.29, 0.717) is 11.3 Å². The topological polar surface area (TPSA) is 36.9 Å². The molecule has 0 radical (unpaired) electrons. The summed E-state index contributed by atoms with van der Waals surface area (Å²) >= 11 is 0. The van der Waals surface area contributed by atoms with Crippen LogP contribution >= 0.6 is 0 Å². The molecule has 0 aromatic rings. The summed E-state index contributed by atoms with van der Waals surface area (Å²) in [6.07, 6.45) is 23.1. The van der Waals surface area contributed by atoms with Crippen molar-refractivity contribution in [2.24, 2.45) is 0 Å². The molecule has 332 valence electrons. The largest absolute Gasteiger partial charge is 0.417 e. The van der Waals surface area contributed by atoms with Crippen LogP contribution in [0.4, 0.5) is 0 Å². The van der Waals surface area contributed by atoms with Gasteiger partial charge in [0.15, 0.2) is 25.0 Å². The third kappa shape index (κ3) is 16.7. The maximum Gasteiger partial charge on any atom is 0.214 e. The van der Waals surface area contributed by atoms with E-state index in [1.807, 2.05) is 0 Å². The molecule has 55 heavy (non-hydrogen) atoms. The molecule has 0 rings (SSSR count). The molecule has 0 heterocycles. The first-order valence-electron chi connectivity index (χ1n) is 24.0. The van der Waals surface area contributed by atoms with E-state index < -0.39 is 41.3 Å². The molecule has 6 atom stereocenters. The van der Waals surface area contributed by atoms with Crippen LogP contribution in [0.5, 0.6) is 0 Å². The van der Waals surface area contributed by atoms with Gasteiger partial charge in [0.1, 0.15) is 0 Å². The fourth-order valence-electron chi connectivity index (χ4n) is 10.7. The lowest BCUT2D eigenvalue weighted by atomic mass is 9.81. The van der Waals surface area contributed by atoms with Crippen LogP contribution in [0.1, 0.15) is 185 Å². The molecule has 0 saturated heterocycles. The second kappa shape index (κ2) is 24.4. The van der Waals surface area contributed by atoms with Gasteiger partial charge in [-0.25, -0.2) is 0 Å². The van der Waals surface area contributed by atoms with Gasteiger partial charge in [0.05, 0.1) is 25.0 Å². The van der Waals surface area contributed by atoms with E-state index >= 15 is 0 Å². The summed E-state index contributed by atoms with van der Waals surface area (Å²) in [7, 11) is -10.1. The zero-order valence-electron chi connectivity index (χ0n) is 41.8. The van der Waals surface area contributed by atoms with Gasteiger partial charge < -0.3 is 17.7 Å². The molecule has 0 N–H and O–H groups in total. The molecule has 0 fully saturated rings. The standard InChI is InChI=1S/C46H104O4Si5/c1-22-29-30-31-32-33-34-35-36-37-38-39-40-55(21,48-43(24-3)51(11,12)13)42(23-2)44(9,25-4)49-54(19,20)46(27-6,28-7)45(10,26-5)50-53(17,18)41(8)47-52(14,15)16/h41-43H,22-40H2,1-21H3/t41?,42?,43?,44-,45?,55?/m1/s1. The van der Waals surface area contributed by atoms with Crippen molar-refractivity contribution in [2.45, 2.75) is 296 Å². The van der Waals surface area contributed by atoms with Gasteiger partial charge in [-0.05, 0) is 111 Å². The van der Waals surface area contributed by atoms with Crippen molar-refractivity contribution in [1.82, 2.24) is 0 Å². The van der Waals surface area contributed by atoms with Crippen molar-refractivity contribution >= 4 is 41.3 Å². The van der Waals surface area contributed by atoms with Crippen LogP contribution < -0.4 is 0 Å². The van der Waals surface area contributed by atoms with Crippen molar-refractivity contribution in [3.05, 3.63) is 0 Å². The lowest BCUT2D eigenvalue weighted by molar-refractivity contribution is -0.0197. The number of rotatable bonds is 33. The van der Waals surface area contributed by atoms with Crippen molar-refractivity contribution in [3.63, 3.8) is 0 Å². The normalized spacial score (nSPS) is 18.7. The molecule has 0 aliphatic rings. The van der Waals surface area contributed by atoms with E-state index in [1.165, 1.54) is 83.1 Å². The maximum atomic E-state index is 8.05. The summed E-state index contributed by atoms with van der Waals surface area (Å²) in [5.74, 6) is 0. The third-order valence-corrected chi connectivity index (χ3v) is 30.6. The fraction of sp³-hybridized carbons (Fsp3) is 1.00. The van der Waals surface area contributed by atoms with E-state index in [9.17, 15) is 0 Å². The van der Waals surface area contributed by atoms with E-state index in [4.69, 9.17) is 17.7 Å². The lowest BCUT2D eigenvalue weighted by Gasteiger charge is -2.60. The highest BCUT2D eigenvalue weighted by molar-refractivity contribution is 6.80. The lowest BCUT2D eigenvalue weighted by Crippen LogP contribution is -2.65. The minimum absolute atomic E-state index is 0.0504. The van der Waals surface area contributed by atoms with E-state index in [0.717, 1.165) is 38.5 Å². The van der Waals surface area contributed by atoms with Gasteiger partial charge in [0.25, 0.3) is 0 Å². The highest BCUT2D eigenvalue weighted by Gasteiger charge is 2.62. The van der Waals surface area contributed by atoms with E-state index in [-0.39, 0.29) is 22.0 Å². The zero-order chi connectivity index (χ0) is 43.0. The maximum absolute atomic E-state index is 8.05. The van der Waals surface area contributed by atoms with Gasteiger partial charge in [0, 0.05) is 16.3 Å². The summed E-state index contributed by atoms with van der Waals surface area (Å²) < 4.78 is 30.2. The summed E-state index contributed by atoms with van der Waals surface area (Å²) in [5, 5.41) is -0.0504. The summed E-state index contributed by atoms with van der Waals surface area (Å²) in [6, 6.07) is 1.25. The average Bonchev–Trinajstić information content (AvgIpc) is 3.06. The Morgan fingerprint density at radius 1 is 0.509 bits per heavy atom. The van der Waals surface area contributed by atoms with Crippen LogP contribution in [-0.4, -0.2) is 64.0 Å². The predicted octanol–water partition coefficient (Wildman–Crippen LogP) is 16.8. The Balaban J connectivity index is 6.61. The van der Waals surface area contributed by atoms with Crippen molar-refractivity contribution in [2.75, 3.05) is 0 Å². The Labute approximate surface area is 353 Å².